The molecule has 5 rings (SSSR count). The van der Waals surface area contributed by atoms with Crippen molar-refractivity contribution >= 4 is 41.7 Å². The Morgan fingerprint density at radius 2 is 1.81 bits per heavy atom. The van der Waals surface area contributed by atoms with E-state index in [9.17, 15) is 4.79 Å². The van der Waals surface area contributed by atoms with Crippen molar-refractivity contribution in [3.8, 4) is 0 Å². The van der Waals surface area contributed by atoms with Crippen LogP contribution < -0.4 is 5.56 Å². The average Bonchev–Trinajstić information content (AvgIpc) is 2.86. The van der Waals surface area contributed by atoms with E-state index in [1.807, 2.05) is 28.8 Å². The van der Waals surface area contributed by atoms with Crippen LogP contribution in [0, 0.1) is 0 Å². The monoisotopic (exact) mass is 534 g/mol. The van der Waals surface area contributed by atoms with E-state index in [0.29, 0.717) is 22.5 Å². The normalized spacial score (nSPS) is 19.0. The van der Waals surface area contributed by atoms with E-state index >= 15 is 0 Å². The summed E-state index contributed by atoms with van der Waals surface area (Å²) in [6, 6.07) is 9.69. The topological polar surface area (TPSA) is 69.9 Å². The van der Waals surface area contributed by atoms with Gasteiger partial charge >= 0.3 is 0 Å². The summed E-state index contributed by atoms with van der Waals surface area (Å²) in [7, 11) is -1.99. The minimum atomic E-state index is -1.99. The molecule has 0 spiro atoms. The molecule has 0 amide bonds. The van der Waals surface area contributed by atoms with Crippen molar-refractivity contribution in [3.63, 3.8) is 0 Å². The van der Waals surface area contributed by atoms with Gasteiger partial charge in [-0.3, -0.25) is 14.3 Å². The zero-order valence-electron chi connectivity index (χ0n) is 22.3. The first-order chi connectivity index (χ1) is 17.5. The third-order valence-electron chi connectivity index (χ3n) is 8.19. The lowest BCUT2D eigenvalue weighted by Gasteiger charge is -2.43. The fraction of sp³-hybridized carbons (Fsp3) is 0.448. The predicted molar refractivity (Wildman–Crippen MR) is 153 cm³/mol. The van der Waals surface area contributed by atoms with Gasteiger partial charge in [0.2, 0.25) is 0 Å². The van der Waals surface area contributed by atoms with Crippen LogP contribution in [0.15, 0.2) is 53.8 Å². The summed E-state index contributed by atoms with van der Waals surface area (Å²) in [5.41, 5.74) is 3.41. The van der Waals surface area contributed by atoms with Crippen molar-refractivity contribution in [1.82, 2.24) is 19.5 Å². The Balaban J connectivity index is 1.61. The second-order valence-electron chi connectivity index (χ2n) is 11.7. The maximum absolute atomic E-state index is 14.0. The highest BCUT2D eigenvalue weighted by molar-refractivity contribution is 6.74. The van der Waals surface area contributed by atoms with Crippen LogP contribution in [-0.2, 0) is 10.8 Å². The van der Waals surface area contributed by atoms with Gasteiger partial charge in [-0.2, -0.15) is 0 Å². The summed E-state index contributed by atoms with van der Waals surface area (Å²) in [5.74, 6) is 0. The molecular formula is C29H35ClN4O2Si. The summed E-state index contributed by atoms with van der Waals surface area (Å²) >= 11 is 6.00. The van der Waals surface area contributed by atoms with Crippen LogP contribution in [0.1, 0.15) is 63.6 Å². The largest absolute Gasteiger partial charge is 0.412 e. The van der Waals surface area contributed by atoms with Gasteiger partial charge in [0, 0.05) is 17.8 Å². The van der Waals surface area contributed by atoms with Crippen LogP contribution in [0.2, 0.25) is 23.3 Å². The van der Waals surface area contributed by atoms with Gasteiger partial charge in [0.05, 0.1) is 29.4 Å². The van der Waals surface area contributed by atoms with Gasteiger partial charge in [-0.1, -0.05) is 57.3 Å². The third kappa shape index (κ3) is 5.09. The number of nitrogens with zero attached hydrogens (tertiary/aromatic N) is 4. The molecule has 0 bridgehead atoms. The number of hydrogen-bond acceptors (Lipinski definition) is 5. The molecule has 0 saturated heterocycles. The Kier molecular flexibility index (Phi) is 6.98. The summed E-state index contributed by atoms with van der Waals surface area (Å²) in [6.45, 7) is 11.4. The molecule has 4 aromatic rings. The molecule has 37 heavy (non-hydrogen) atoms. The molecule has 2 atom stereocenters. The Hall–Kier alpha value is -2.61. The van der Waals surface area contributed by atoms with E-state index in [1.165, 1.54) is 0 Å². The lowest BCUT2D eigenvalue weighted by molar-refractivity contribution is 0.0824. The standard InChI is InChI=1S/C29H35ClN4O2Si/c1-29(2,3)37(4,5)36-24-11-7-6-10-23(24)34-18-33-27-22(28(34)35)16-20(21-9-8-14-31-26(21)27)15-19-12-13-25(30)32-17-19/h8-9,12-14,16-18,23-24H,6-7,10-11,15H2,1-5H3/t23-,24-/m0/s1. The maximum Gasteiger partial charge on any atom is 0.261 e. The average molecular weight is 535 g/mol. The van der Waals surface area contributed by atoms with Gasteiger partial charge in [-0.05, 0) is 66.7 Å². The molecule has 3 aromatic heterocycles. The first kappa shape index (κ1) is 26.0. The first-order valence-corrected chi connectivity index (χ1v) is 16.4. The van der Waals surface area contributed by atoms with Crippen molar-refractivity contribution < 1.29 is 4.43 Å². The molecule has 194 valence electrons. The number of hydrogen-bond donors (Lipinski definition) is 0. The first-order valence-electron chi connectivity index (χ1n) is 13.1. The van der Waals surface area contributed by atoms with Crippen LogP contribution >= 0.6 is 11.6 Å². The number of pyridine rings is 2. The zero-order valence-corrected chi connectivity index (χ0v) is 24.0. The summed E-state index contributed by atoms with van der Waals surface area (Å²) < 4.78 is 8.72. The van der Waals surface area contributed by atoms with E-state index in [1.54, 1.807) is 24.8 Å². The highest BCUT2D eigenvalue weighted by Crippen LogP contribution is 2.41. The van der Waals surface area contributed by atoms with E-state index in [-0.39, 0.29) is 22.7 Å². The highest BCUT2D eigenvalue weighted by Gasteiger charge is 2.42. The second-order valence-corrected chi connectivity index (χ2v) is 16.9. The minimum absolute atomic E-state index is 0.0179. The van der Waals surface area contributed by atoms with Crippen LogP contribution in [-0.4, -0.2) is 33.9 Å². The molecule has 0 unspecified atom stereocenters. The SMILES string of the molecule is CC(C)(C)[Si](C)(C)O[C@H]1CCCC[C@@H]1n1cnc2c(cc(Cc3ccc(Cl)nc3)c3cccnc32)c1=O. The van der Waals surface area contributed by atoms with Gasteiger partial charge in [-0.15, -0.1) is 0 Å². The maximum atomic E-state index is 14.0. The number of fused-ring (bicyclic) bond motifs is 3. The van der Waals surface area contributed by atoms with Gasteiger partial charge in [-0.25, -0.2) is 9.97 Å². The quantitative estimate of drug-likeness (QED) is 0.155. The van der Waals surface area contributed by atoms with Crippen LogP contribution in [0.5, 0.6) is 0 Å². The van der Waals surface area contributed by atoms with Crippen molar-refractivity contribution in [2.45, 2.75) is 83.2 Å². The number of benzene rings is 1. The number of rotatable bonds is 5. The lowest BCUT2D eigenvalue weighted by atomic mass is 9.92. The third-order valence-corrected chi connectivity index (χ3v) is 12.9. The number of halogens is 1. The Morgan fingerprint density at radius 1 is 1.05 bits per heavy atom. The molecule has 6 nitrogen and oxygen atoms in total. The predicted octanol–water partition coefficient (Wildman–Crippen LogP) is 7.09. The van der Waals surface area contributed by atoms with Gasteiger partial charge in [0.1, 0.15) is 10.7 Å². The molecule has 1 aromatic carbocycles. The molecular weight excluding hydrogens is 500 g/mol. The fourth-order valence-corrected chi connectivity index (χ4v) is 6.60. The summed E-state index contributed by atoms with van der Waals surface area (Å²) in [5, 5.41) is 2.16. The molecule has 0 radical (unpaired) electrons. The summed E-state index contributed by atoms with van der Waals surface area (Å²) in [6.07, 6.45) is 9.99. The smallest absolute Gasteiger partial charge is 0.261 e. The Bertz CT molecular complexity index is 1490. The van der Waals surface area contributed by atoms with Crippen LogP contribution in [0.25, 0.3) is 21.8 Å². The Labute approximate surface area is 224 Å². The molecule has 1 aliphatic carbocycles. The highest BCUT2D eigenvalue weighted by atomic mass is 35.5. The van der Waals surface area contributed by atoms with Crippen molar-refractivity contribution in [2.75, 3.05) is 0 Å². The Morgan fingerprint density at radius 3 is 2.54 bits per heavy atom. The lowest BCUT2D eigenvalue weighted by Crippen LogP contribution is -2.48. The molecule has 0 N–H and O–H groups in total. The van der Waals surface area contributed by atoms with Crippen molar-refractivity contribution in [2.24, 2.45) is 0 Å². The number of aromatic nitrogens is 4. The van der Waals surface area contributed by atoms with Gasteiger partial charge in [0.25, 0.3) is 5.56 Å². The van der Waals surface area contributed by atoms with Crippen molar-refractivity contribution in [3.05, 3.63) is 75.7 Å². The molecule has 8 heteroatoms. The summed E-state index contributed by atoms with van der Waals surface area (Å²) in [4.78, 5) is 27.7. The van der Waals surface area contributed by atoms with E-state index in [0.717, 1.165) is 47.7 Å². The van der Waals surface area contributed by atoms with E-state index < -0.39 is 8.32 Å². The molecule has 1 saturated carbocycles. The van der Waals surface area contributed by atoms with Crippen LogP contribution in [0.4, 0.5) is 0 Å². The van der Waals surface area contributed by atoms with Gasteiger partial charge in [0.15, 0.2) is 8.32 Å². The molecule has 3 heterocycles. The molecule has 1 aliphatic rings. The minimum Gasteiger partial charge on any atom is -0.412 e. The van der Waals surface area contributed by atoms with E-state index in [2.05, 4.69) is 43.8 Å². The second kappa shape index (κ2) is 9.93. The zero-order chi connectivity index (χ0) is 26.4. The van der Waals surface area contributed by atoms with Crippen molar-refractivity contribution in [1.29, 1.82) is 0 Å². The van der Waals surface area contributed by atoms with E-state index in [4.69, 9.17) is 21.0 Å². The van der Waals surface area contributed by atoms with Gasteiger partial charge < -0.3 is 4.43 Å². The molecule has 0 aliphatic heterocycles. The fourth-order valence-electron chi connectivity index (χ4n) is 5.11. The van der Waals surface area contributed by atoms with Crippen LogP contribution in [0.3, 0.4) is 0 Å². The molecule has 1 fully saturated rings.